The molecule has 0 aliphatic heterocycles. The second-order valence-corrected chi connectivity index (χ2v) is 8.85. The molecule has 0 bridgehead atoms. The maximum atomic E-state index is 12.1. The summed E-state index contributed by atoms with van der Waals surface area (Å²) in [6.45, 7) is 2.41. The quantitative estimate of drug-likeness (QED) is 0.245. The van der Waals surface area contributed by atoms with Gasteiger partial charge in [0.15, 0.2) is 15.8 Å². The van der Waals surface area contributed by atoms with E-state index in [0.717, 1.165) is 25.6 Å². The molecule has 0 saturated heterocycles. The summed E-state index contributed by atoms with van der Waals surface area (Å²) in [4.78, 5) is 16.7. The van der Waals surface area contributed by atoms with Crippen LogP contribution in [0.2, 0.25) is 0 Å². The lowest BCUT2D eigenvalue weighted by atomic mass is 10.2. The number of carbonyl (C=O) groups is 1. The number of thioether (sulfide) groups is 1. The molecule has 0 aliphatic rings. The summed E-state index contributed by atoms with van der Waals surface area (Å²) < 4.78 is 12.5. The van der Waals surface area contributed by atoms with Gasteiger partial charge >= 0.3 is 0 Å². The number of nitrogens with one attached hydrogen (secondary N) is 1. The Morgan fingerprint density at radius 3 is 2.87 bits per heavy atom. The van der Waals surface area contributed by atoms with Crippen LogP contribution in [0.3, 0.4) is 0 Å². The molecular weight excluding hydrogens is 486 g/mol. The first-order valence-corrected chi connectivity index (χ1v) is 11.7. The zero-order chi connectivity index (χ0) is 21.3. The number of amides is 1. The summed E-state index contributed by atoms with van der Waals surface area (Å²) in [5.41, 5.74) is 5.28. The van der Waals surface area contributed by atoms with Gasteiger partial charge in [0.1, 0.15) is 0 Å². The lowest BCUT2D eigenvalue weighted by Gasteiger charge is -2.11. The molecule has 0 aliphatic carbocycles. The van der Waals surface area contributed by atoms with Gasteiger partial charge in [-0.2, -0.15) is 5.10 Å². The van der Waals surface area contributed by atoms with Crippen molar-refractivity contribution in [3.8, 4) is 22.8 Å². The Labute approximate surface area is 191 Å². The first kappa shape index (κ1) is 22.3. The Morgan fingerprint density at radius 1 is 1.33 bits per heavy atom. The van der Waals surface area contributed by atoms with Gasteiger partial charge in [-0.05, 0) is 40.5 Å². The maximum Gasteiger partial charge on any atom is 0.250 e. The van der Waals surface area contributed by atoms with Crippen LogP contribution in [0.15, 0.2) is 61.8 Å². The summed E-state index contributed by atoms with van der Waals surface area (Å²) in [5, 5.41) is 6.02. The summed E-state index contributed by atoms with van der Waals surface area (Å²) >= 11 is 6.36. The monoisotopic (exact) mass is 505 g/mol. The Morgan fingerprint density at radius 2 is 2.13 bits per heavy atom. The summed E-state index contributed by atoms with van der Waals surface area (Å²) in [5.74, 6) is 1.25. The van der Waals surface area contributed by atoms with Gasteiger partial charge in [0, 0.05) is 10.9 Å². The summed E-state index contributed by atoms with van der Waals surface area (Å²) in [6, 6.07) is 13.6. The van der Waals surface area contributed by atoms with Gasteiger partial charge in [-0.3, -0.25) is 4.79 Å². The van der Waals surface area contributed by atoms with Crippen molar-refractivity contribution in [1.29, 1.82) is 0 Å². The predicted molar refractivity (Wildman–Crippen MR) is 126 cm³/mol. The molecule has 0 radical (unpaired) electrons. The normalized spacial score (nSPS) is 10.9. The highest BCUT2D eigenvalue weighted by Crippen LogP contribution is 2.36. The fraction of sp³-hybridized carbons (Fsp3) is 0.190. The van der Waals surface area contributed by atoms with E-state index >= 15 is 0 Å². The van der Waals surface area contributed by atoms with E-state index in [2.05, 4.69) is 31.4 Å². The molecule has 0 atom stereocenters. The van der Waals surface area contributed by atoms with E-state index in [1.54, 1.807) is 19.4 Å². The fourth-order valence-corrected chi connectivity index (χ4v) is 4.78. The number of nitrogens with zero attached hydrogens (tertiary/aromatic N) is 2. The molecule has 0 fully saturated rings. The van der Waals surface area contributed by atoms with Crippen molar-refractivity contribution < 1.29 is 14.3 Å². The number of hydrogen-bond acceptors (Lipinski definition) is 7. The van der Waals surface area contributed by atoms with Crippen molar-refractivity contribution in [1.82, 2.24) is 10.4 Å². The Bertz CT molecular complexity index is 1030. The van der Waals surface area contributed by atoms with E-state index in [-0.39, 0.29) is 11.7 Å². The Balaban J connectivity index is 1.54. The van der Waals surface area contributed by atoms with Crippen LogP contribution in [0.4, 0.5) is 0 Å². The lowest BCUT2D eigenvalue weighted by molar-refractivity contribution is -0.118. The van der Waals surface area contributed by atoms with Crippen LogP contribution in [-0.4, -0.2) is 36.6 Å². The number of hydrazone groups is 1. The third-order valence-electron chi connectivity index (χ3n) is 3.82. The van der Waals surface area contributed by atoms with Crippen LogP contribution in [-0.2, 0) is 4.79 Å². The minimum Gasteiger partial charge on any atom is -0.492 e. The van der Waals surface area contributed by atoms with Crippen LogP contribution in [0.25, 0.3) is 11.3 Å². The molecule has 30 heavy (non-hydrogen) atoms. The number of benzene rings is 2. The van der Waals surface area contributed by atoms with E-state index in [1.807, 2.05) is 48.7 Å². The molecule has 9 heteroatoms. The van der Waals surface area contributed by atoms with Crippen LogP contribution in [0.5, 0.6) is 11.5 Å². The molecular formula is C21H20BrN3O3S2. The van der Waals surface area contributed by atoms with Crippen molar-refractivity contribution in [3.05, 3.63) is 57.9 Å². The second-order valence-electron chi connectivity index (χ2n) is 5.91. The fourth-order valence-electron chi connectivity index (χ4n) is 2.53. The minimum absolute atomic E-state index is 0.203. The van der Waals surface area contributed by atoms with Gasteiger partial charge in [-0.1, -0.05) is 42.1 Å². The molecule has 1 N–H and O–H groups in total. The topological polar surface area (TPSA) is 72.8 Å². The number of carbonyl (C=O) groups excluding carboxylic acids is 1. The molecule has 1 aromatic heterocycles. The molecule has 0 saturated carbocycles. The smallest absolute Gasteiger partial charge is 0.250 e. The predicted octanol–water partition coefficient (Wildman–Crippen LogP) is 5.22. The summed E-state index contributed by atoms with van der Waals surface area (Å²) in [6.07, 6.45) is 1.56. The Kier molecular flexibility index (Phi) is 8.30. The zero-order valence-electron chi connectivity index (χ0n) is 16.4. The zero-order valence-corrected chi connectivity index (χ0v) is 19.6. The Hall–Kier alpha value is -2.36. The third kappa shape index (κ3) is 6.07. The second kappa shape index (κ2) is 11.1. The summed E-state index contributed by atoms with van der Waals surface area (Å²) in [7, 11) is 1.58. The highest BCUT2D eigenvalue weighted by atomic mass is 79.9. The van der Waals surface area contributed by atoms with E-state index in [0.29, 0.717) is 18.1 Å². The van der Waals surface area contributed by atoms with Gasteiger partial charge in [0.05, 0.1) is 35.9 Å². The maximum absolute atomic E-state index is 12.1. The van der Waals surface area contributed by atoms with Gasteiger partial charge in [0.2, 0.25) is 0 Å². The first-order chi connectivity index (χ1) is 14.6. The van der Waals surface area contributed by atoms with Crippen LogP contribution in [0.1, 0.15) is 12.5 Å². The van der Waals surface area contributed by atoms with Crippen LogP contribution < -0.4 is 14.9 Å². The van der Waals surface area contributed by atoms with Gasteiger partial charge in [0.25, 0.3) is 5.91 Å². The lowest BCUT2D eigenvalue weighted by Crippen LogP contribution is -2.19. The van der Waals surface area contributed by atoms with Crippen LogP contribution in [0, 0.1) is 0 Å². The molecule has 1 amide bonds. The van der Waals surface area contributed by atoms with Crippen molar-refractivity contribution in [3.63, 3.8) is 0 Å². The van der Waals surface area contributed by atoms with E-state index in [1.165, 1.54) is 23.1 Å². The molecule has 2 aromatic carbocycles. The largest absolute Gasteiger partial charge is 0.492 e. The number of rotatable bonds is 9. The molecule has 1 heterocycles. The third-order valence-corrected chi connectivity index (χ3v) is 6.43. The standard InChI is InChI=1S/C21H20BrN3O3S2/c1-3-28-18-10-14(9-16(22)20(18)27-2)11-23-25-19(26)13-30-21-24-17(12-29-21)15-7-5-4-6-8-15/h4-12H,3,13H2,1-2H3,(H,25,26)/b23-11+. The van der Waals surface area contributed by atoms with Gasteiger partial charge in [-0.15, -0.1) is 11.3 Å². The van der Waals surface area contributed by atoms with Crippen molar-refractivity contribution in [2.45, 2.75) is 11.3 Å². The first-order valence-electron chi connectivity index (χ1n) is 9.06. The molecule has 3 rings (SSSR count). The number of methoxy groups -OCH3 is 1. The van der Waals surface area contributed by atoms with Crippen LogP contribution >= 0.6 is 39.0 Å². The molecule has 0 spiro atoms. The number of thiazole rings is 1. The highest BCUT2D eigenvalue weighted by molar-refractivity contribution is 9.10. The number of hydrogen-bond donors (Lipinski definition) is 1. The van der Waals surface area contributed by atoms with E-state index < -0.39 is 0 Å². The molecule has 6 nitrogen and oxygen atoms in total. The van der Waals surface area contributed by atoms with Gasteiger partial charge < -0.3 is 9.47 Å². The minimum atomic E-state index is -0.203. The van der Waals surface area contributed by atoms with Crippen molar-refractivity contribution in [2.24, 2.45) is 5.10 Å². The van der Waals surface area contributed by atoms with Gasteiger partial charge in [-0.25, -0.2) is 10.4 Å². The number of aromatic nitrogens is 1. The van der Waals surface area contributed by atoms with E-state index in [4.69, 9.17) is 9.47 Å². The van der Waals surface area contributed by atoms with Crippen molar-refractivity contribution in [2.75, 3.05) is 19.5 Å². The highest BCUT2D eigenvalue weighted by Gasteiger charge is 2.11. The number of ether oxygens (including phenoxy) is 2. The SMILES string of the molecule is CCOc1cc(/C=N/NC(=O)CSc2nc(-c3ccccc3)cs2)cc(Br)c1OC. The van der Waals surface area contributed by atoms with E-state index in [9.17, 15) is 4.79 Å². The number of halogens is 1. The van der Waals surface area contributed by atoms with Crippen molar-refractivity contribution >= 4 is 51.2 Å². The molecule has 0 unspecified atom stereocenters. The average Bonchev–Trinajstić information content (AvgIpc) is 3.22. The molecule has 3 aromatic rings. The molecule has 156 valence electrons. The average molecular weight is 506 g/mol.